The molecule has 0 aliphatic carbocycles. The molecule has 0 amide bonds. The number of benzene rings is 1. The Hall–Kier alpha value is -1.77. The normalized spacial score (nSPS) is 10.4. The van der Waals surface area contributed by atoms with Crippen molar-refractivity contribution in [2.45, 2.75) is 6.92 Å². The molecular formula is C11H11NO2. The summed E-state index contributed by atoms with van der Waals surface area (Å²) in [5, 5.41) is 0.995. The van der Waals surface area contributed by atoms with Crippen molar-refractivity contribution in [1.82, 2.24) is 4.98 Å². The molecule has 1 aromatic carbocycles. The first-order chi connectivity index (χ1) is 6.70. The second-order valence-electron chi connectivity index (χ2n) is 3.19. The fraction of sp³-hybridized carbons (Fsp3) is 0.182. The summed E-state index contributed by atoms with van der Waals surface area (Å²) >= 11 is 0. The summed E-state index contributed by atoms with van der Waals surface area (Å²) < 4.78 is 5.09. The Morgan fingerprint density at radius 3 is 2.79 bits per heavy atom. The van der Waals surface area contributed by atoms with E-state index in [9.17, 15) is 4.79 Å². The fourth-order valence-electron chi connectivity index (χ4n) is 1.43. The number of ether oxygens (including phenoxy) is 1. The van der Waals surface area contributed by atoms with Crippen molar-refractivity contribution in [3.05, 3.63) is 30.0 Å². The number of carbonyl (C=O) groups excluding carboxylic acids is 1. The topological polar surface area (TPSA) is 42.1 Å². The van der Waals surface area contributed by atoms with Crippen LogP contribution in [-0.4, -0.2) is 17.9 Å². The summed E-state index contributed by atoms with van der Waals surface area (Å²) in [7, 11) is 1.62. The van der Waals surface area contributed by atoms with Crippen LogP contribution in [0.1, 0.15) is 17.4 Å². The predicted octanol–water partition coefficient (Wildman–Crippen LogP) is 2.38. The first-order valence-electron chi connectivity index (χ1n) is 4.38. The van der Waals surface area contributed by atoms with E-state index in [0.717, 1.165) is 16.7 Å². The molecule has 2 rings (SSSR count). The summed E-state index contributed by atoms with van der Waals surface area (Å²) in [6.07, 6.45) is 0. The molecule has 3 nitrogen and oxygen atoms in total. The van der Waals surface area contributed by atoms with Gasteiger partial charge in [-0.2, -0.15) is 0 Å². The lowest BCUT2D eigenvalue weighted by atomic mass is 10.2. The molecular weight excluding hydrogens is 178 g/mol. The Balaban J connectivity index is 2.60. The average Bonchev–Trinajstić information content (AvgIpc) is 2.59. The zero-order chi connectivity index (χ0) is 10.1. The van der Waals surface area contributed by atoms with Crippen LogP contribution in [0.2, 0.25) is 0 Å². The molecule has 3 heteroatoms. The summed E-state index contributed by atoms with van der Waals surface area (Å²) in [4.78, 5) is 14.1. The predicted molar refractivity (Wildman–Crippen MR) is 54.9 cm³/mol. The minimum Gasteiger partial charge on any atom is -0.497 e. The second-order valence-corrected chi connectivity index (χ2v) is 3.19. The highest BCUT2D eigenvalue weighted by atomic mass is 16.5. The number of nitrogens with one attached hydrogen (secondary N) is 1. The number of H-pyrrole nitrogens is 1. The second kappa shape index (κ2) is 3.18. The van der Waals surface area contributed by atoms with Crippen LogP contribution < -0.4 is 4.74 Å². The van der Waals surface area contributed by atoms with Gasteiger partial charge in [0.1, 0.15) is 5.75 Å². The number of fused-ring (bicyclic) bond motifs is 1. The Morgan fingerprint density at radius 2 is 2.14 bits per heavy atom. The van der Waals surface area contributed by atoms with Gasteiger partial charge in [-0.05, 0) is 24.3 Å². The number of aromatic nitrogens is 1. The van der Waals surface area contributed by atoms with E-state index in [2.05, 4.69) is 4.98 Å². The minimum atomic E-state index is 0.0418. The van der Waals surface area contributed by atoms with E-state index in [0.29, 0.717) is 5.69 Å². The summed E-state index contributed by atoms with van der Waals surface area (Å²) in [6, 6.07) is 7.50. The first-order valence-corrected chi connectivity index (χ1v) is 4.38. The van der Waals surface area contributed by atoms with Crippen LogP contribution in [0.3, 0.4) is 0 Å². The minimum absolute atomic E-state index is 0.0418. The molecule has 72 valence electrons. The number of ketones is 1. The monoisotopic (exact) mass is 189 g/mol. The molecule has 0 unspecified atom stereocenters. The number of hydrogen-bond acceptors (Lipinski definition) is 2. The molecule has 0 spiro atoms. The molecule has 0 bridgehead atoms. The van der Waals surface area contributed by atoms with Crippen molar-refractivity contribution in [2.24, 2.45) is 0 Å². The number of Topliss-reactive ketones (excluding diaryl/α,β-unsaturated/α-hetero) is 1. The molecule has 0 saturated heterocycles. The van der Waals surface area contributed by atoms with Crippen molar-refractivity contribution >= 4 is 16.7 Å². The largest absolute Gasteiger partial charge is 0.497 e. The van der Waals surface area contributed by atoms with Gasteiger partial charge in [-0.3, -0.25) is 4.79 Å². The van der Waals surface area contributed by atoms with Crippen molar-refractivity contribution in [3.63, 3.8) is 0 Å². The van der Waals surface area contributed by atoms with E-state index in [1.165, 1.54) is 0 Å². The van der Waals surface area contributed by atoms with Gasteiger partial charge in [0, 0.05) is 17.8 Å². The molecule has 2 aromatic rings. The highest BCUT2D eigenvalue weighted by molar-refractivity contribution is 5.98. The van der Waals surface area contributed by atoms with Gasteiger partial charge in [0.25, 0.3) is 0 Å². The number of aromatic amines is 1. The maximum atomic E-state index is 11.1. The van der Waals surface area contributed by atoms with E-state index in [1.54, 1.807) is 14.0 Å². The lowest BCUT2D eigenvalue weighted by Crippen LogP contribution is -1.89. The highest BCUT2D eigenvalue weighted by Gasteiger charge is 2.04. The van der Waals surface area contributed by atoms with Crippen molar-refractivity contribution in [2.75, 3.05) is 7.11 Å². The third-order valence-electron chi connectivity index (χ3n) is 2.21. The van der Waals surface area contributed by atoms with Gasteiger partial charge < -0.3 is 9.72 Å². The molecule has 0 fully saturated rings. The van der Waals surface area contributed by atoms with Crippen molar-refractivity contribution in [3.8, 4) is 5.75 Å². The molecule has 0 radical (unpaired) electrons. The number of methoxy groups -OCH3 is 1. The zero-order valence-electron chi connectivity index (χ0n) is 8.13. The lowest BCUT2D eigenvalue weighted by molar-refractivity contribution is 0.101. The molecule has 0 saturated carbocycles. The van der Waals surface area contributed by atoms with Crippen LogP contribution in [0, 0.1) is 0 Å². The Bertz CT molecular complexity index is 485. The average molecular weight is 189 g/mol. The van der Waals surface area contributed by atoms with Crippen molar-refractivity contribution < 1.29 is 9.53 Å². The number of rotatable bonds is 2. The van der Waals surface area contributed by atoms with Gasteiger partial charge in [-0.1, -0.05) is 0 Å². The smallest absolute Gasteiger partial charge is 0.175 e. The molecule has 1 N–H and O–H groups in total. The third-order valence-corrected chi connectivity index (χ3v) is 2.21. The number of carbonyl (C=O) groups is 1. The standard InChI is InChI=1S/C11H11NO2/c1-7(13)11-6-8-5-9(14-2)3-4-10(8)12-11/h3-6,12H,1-2H3. The fourth-order valence-corrected chi connectivity index (χ4v) is 1.43. The lowest BCUT2D eigenvalue weighted by Gasteiger charge is -1.97. The maximum Gasteiger partial charge on any atom is 0.175 e. The zero-order valence-corrected chi connectivity index (χ0v) is 8.13. The van der Waals surface area contributed by atoms with Crippen LogP contribution in [0.25, 0.3) is 10.9 Å². The summed E-state index contributed by atoms with van der Waals surface area (Å²) in [5.74, 6) is 0.840. The highest BCUT2D eigenvalue weighted by Crippen LogP contribution is 2.21. The van der Waals surface area contributed by atoms with E-state index < -0.39 is 0 Å². The van der Waals surface area contributed by atoms with Gasteiger partial charge in [0.2, 0.25) is 0 Å². The maximum absolute atomic E-state index is 11.1. The van der Waals surface area contributed by atoms with Gasteiger partial charge in [0.05, 0.1) is 12.8 Å². The Morgan fingerprint density at radius 1 is 1.36 bits per heavy atom. The molecule has 1 aromatic heterocycles. The van der Waals surface area contributed by atoms with Crippen LogP contribution in [0.5, 0.6) is 5.75 Å². The van der Waals surface area contributed by atoms with Gasteiger partial charge in [0.15, 0.2) is 5.78 Å². The van der Waals surface area contributed by atoms with Crippen LogP contribution in [-0.2, 0) is 0 Å². The molecule has 0 atom stereocenters. The summed E-state index contributed by atoms with van der Waals surface area (Å²) in [5.41, 5.74) is 1.59. The van der Waals surface area contributed by atoms with E-state index in [1.807, 2.05) is 24.3 Å². The Labute approximate surface area is 81.7 Å². The van der Waals surface area contributed by atoms with Crippen molar-refractivity contribution in [1.29, 1.82) is 0 Å². The van der Waals surface area contributed by atoms with Gasteiger partial charge in [-0.15, -0.1) is 0 Å². The summed E-state index contributed by atoms with van der Waals surface area (Å²) in [6.45, 7) is 1.54. The first kappa shape index (κ1) is 8.81. The third kappa shape index (κ3) is 1.37. The van der Waals surface area contributed by atoms with Crippen LogP contribution in [0.4, 0.5) is 0 Å². The van der Waals surface area contributed by atoms with Gasteiger partial charge >= 0.3 is 0 Å². The van der Waals surface area contributed by atoms with E-state index >= 15 is 0 Å². The Kier molecular flexibility index (Phi) is 2.00. The quantitative estimate of drug-likeness (QED) is 0.737. The van der Waals surface area contributed by atoms with E-state index in [4.69, 9.17) is 4.74 Å². The molecule has 1 heterocycles. The van der Waals surface area contributed by atoms with Crippen LogP contribution in [0.15, 0.2) is 24.3 Å². The molecule has 14 heavy (non-hydrogen) atoms. The van der Waals surface area contributed by atoms with E-state index in [-0.39, 0.29) is 5.78 Å². The van der Waals surface area contributed by atoms with Crippen LogP contribution >= 0.6 is 0 Å². The molecule has 0 aliphatic heterocycles. The SMILES string of the molecule is COc1ccc2[nH]c(C(C)=O)cc2c1. The number of hydrogen-bond donors (Lipinski definition) is 1. The van der Waals surface area contributed by atoms with Gasteiger partial charge in [-0.25, -0.2) is 0 Å². The molecule has 0 aliphatic rings.